The first-order valence-corrected chi connectivity index (χ1v) is 12.7. The summed E-state index contributed by atoms with van der Waals surface area (Å²) in [5.74, 6) is 0.415. The molecule has 1 heterocycles. The molecule has 0 aromatic rings. The van der Waals surface area contributed by atoms with Crippen LogP contribution in [0.4, 0.5) is 0 Å². The summed E-state index contributed by atoms with van der Waals surface area (Å²) in [6, 6.07) is 0.180. The number of aliphatic hydroxyl groups excluding tert-OH is 3. The summed E-state index contributed by atoms with van der Waals surface area (Å²) in [4.78, 5) is 25.4. The van der Waals surface area contributed by atoms with Gasteiger partial charge in [-0.2, -0.15) is 0 Å². The van der Waals surface area contributed by atoms with E-state index in [1.807, 2.05) is 27.7 Å². The molecule has 0 bridgehead atoms. The summed E-state index contributed by atoms with van der Waals surface area (Å²) >= 11 is 0. The third-order valence-corrected chi connectivity index (χ3v) is 6.33. The molecule has 0 aromatic heterocycles. The number of aliphatic hydroxyl groups is 3. The Balaban J connectivity index is 2.30. The molecule has 1 rings (SSSR count). The molecule has 2 unspecified atom stereocenters. The first-order valence-electron chi connectivity index (χ1n) is 12.7. The monoisotopic (exact) mass is 489 g/mol. The van der Waals surface area contributed by atoms with Crippen LogP contribution in [0.1, 0.15) is 79.1 Å². The van der Waals surface area contributed by atoms with E-state index in [1.165, 1.54) is 0 Å². The number of carbonyl (C=O) groups is 2. The van der Waals surface area contributed by atoms with Gasteiger partial charge in [0.25, 0.3) is 0 Å². The molecule has 200 valence electrons. The van der Waals surface area contributed by atoms with Crippen LogP contribution < -0.4 is 0 Å². The highest BCUT2D eigenvalue weighted by atomic mass is 16.7. The quantitative estimate of drug-likeness (QED) is 0.265. The summed E-state index contributed by atoms with van der Waals surface area (Å²) in [5, 5.41) is 30.6. The van der Waals surface area contributed by atoms with Gasteiger partial charge in [-0.05, 0) is 39.5 Å². The molecular weight excluding hydrogens is 442 g/mol. The Morgan fingerprint density at radius 3 is 2.03 bits per heavy atom. The largest absolute Gasteiger partial charge is 0.394 e. The van der Waals surface area contributed by atoms with Crippen LogP contribution in [0, 0.1) is 5.92 Å². The standard InChI is InChI=1S/C25H47NO8/c1-17(2)19(28)12-8-6-10-14-32-24-20(16-27)34-25(23(31)22(24)30)33-15-11-7-9-13-21(29)26(5)18(3)4/h17-18,20,22-25,27,30-31H,6-16H2,1-5H3/t20?,22-,23?,24+,25-/m0/s1. The van der Waals surface area contributed by atoms with Crippen LogP contribution in [-0.4, -0.2) is 95.5 Å². The summed E-state index contributed by atoms with van der Waals surface area (Å²) in [6.45, 7) is 8.00. The predicted molar refractivity (Wildman–Crippen MR) is 128 cm³/mol. The van der Waals surface area contributed by atoms with Crippen molar-refractivity contribution < 1.29 is 39.1 Å². The summed E-state index contributed by atoms with van der Waals surface area (Å²) in [6.07, 6.45) is 0.304. The molecule has 1 saturated heterocycles. The van der Waals surface area contributed by atoms with Gasteiger partial charge in [-0.3, -0.25) is 9.59 Å². The van der Waals surface area contributed by atoms with Crippen LogP contribution in [0.3, 0.4) is 0 Å². The van der Waals surface area contributed by atoms with Crippen molar-refractivity contribution in [2.24, 2.45) is 5.92 Å². The van der Waals surface area contributed by atoms with Crippen molar-refractivity contribution >= 4 is 11.7 Å². The highest BCUT2D eigenvalue weighted by Crippen LogP contribution is 2.25. The third kappa shape index (κ3) is 10.7. The minimum atomic E-state index is -1.29. The molecular formula is C25H47NO8. The Kier molecular flexibility index (Phi) is 15.1. The number of hydrogen-bond acceptors (Lipinski definition) is 8. The summed E-state index contributed by atoms with van der Waals surface area (Å²) < 4.78 is 17.0. The second-order valence-electron chi connectivity index (χ2n) is 9.75. The summed E-state index contributed by atoms with van der Waals surface area (Å²) in [5.41, 5.74) is 0. The Labute approximate surface area is 204 Å². The fraction of sp³-hybridized carbons (Fsp3) is 0.920. The predicted octanol–water partition coefficient (Wildman–Crippen LogP) is 2.04. The lowest BCUT2D eigenvalue weighted by Gasteiger charge is -2.41. The molecule has 34 heavy (non-hydrogen) atoms. The molecule has 3 N–H and O–H groups in total. The minimum absolute atomic E-state index is 0.0497. The molecule has 1 aliphatic heterocycles. The molecule has 0 aromatic carbocycles. The van der Waals surface area contributed by atoms with Crippen molar-refractivity contribution in [3.8, 4) is 0 Å². The number of unbranched alkanes of at least 4 members (excludes halogenated alkanes) is 4. The van der Waals surface area contributed by atoms with E-state index in [9.17, 15) is 24.9 Å². The first kappa shape index (κ1) is 30.9. The van der Waals surface area contributed by atoms with Crippen molar-refractivity contribution in [1.82, 2.24) is 4.90 Å². The summed E-state index contributed by atoms with van der Waals surface area (Å²) in [7, 11) is 1.80. The van der Waals surface area contributed by atoms with Gasteiger partial charge in [0, 0.05) is 45.1 Å². The molecule has 1 fully saturated rings. The lowest BCUT2D eigenvalue weighted by molar-refractivity contribution is -0.307. The van der Waals surface area contributed by atoms with Gasteiger partial charge < -0.3 is 34.4 Å². The zero-order valence-electron chi connectivity index (χ0n) is 21.6. The molecule has 1 amide bonds. The van der Waals surface area contributed by atoms with Crippen LogP contribution in [0.15, 0.2) is 0 Å². The van der Waals surface area contributed by atoms with Crippen molar-refractivity contribution in [3.63, 3.8) is 0 Å². The molecule has 0 saturated carbocycles. The van der Waals surface area contributed by atoms with Gasteiger partial charge in [0.1, 0.15) is 30.2 Å². The fourth-order valence-electron chi connectivity index (χ4n) is 3.70. The van der Waals surface area contributed by atoms with Gasteiger partial charge in [-0.15, -0.1) is 0 Å². The lowest BCUT2D eigenvalue weighted by Crippen LogP contribution is -2.60. The number of hydrogen-bond donors (Lipinski definition) is 3. The molecule has 9 nitrogen and oxygen atoms in total. The number of rotatable bonds is 17. The van der Waals surface area contributed by atoms with E-state index in [0.717, 1.165) is 25.7 Å². The van der Waals surface area contributed by atoms with E-state index in [-0.39, 0.29) is 30.3 Å². The van der Waals surface area contributed by atoms with E-state index in [4.69, 9.17) is 14.2 Å². The molecule has 0 spiro atoms. The van der Waals surface area contributed by atoms with Gasteiger partial charge in [0.15, 0.2) is 6.29 Å². The van der Waals surface area contributed by atoms with Crippen LogP contribution >= 0.6 is 0 Å². The number of Topliss-reactive ketones (excluding diaryl/α,β-unsaturated/α-hetero) is 1. The van der Waals surface area contributed by atoms with Crippen LogP contribution in [0.25, 0.3) is 0 Å². The van der Waals surface area contributed by atoms with Crippen LogP contribution in [0.2, 0.25) is 0 Å². The minimum Gasteiger partial charge on any atom is -0.394 e. The van der Waals surface area contributed by atoms with Crippen LogP contribution in [-0.2, 0) is 23.8 Å². The van der Waals surface area contributed by atoms with Gasteiger partial charge in [-0.25, -0.2) is 0 Å². The highest BCUT2D eigenvalue weighted by molar-refractivity contribution is 5.80. The van der Waals surface area contributed by atoms with E-state index in [2.05, 4.69) is 0 Å². The number of carbonyl (C=O) groups excluding carboxylic acids is 2. The molecule has 1 aliphatic rings. The van der Waals surface area contributed by atoms with E-state index in [0.29, 0.717) is 38.9 Å². The van der Waals surface area contributed by atoms with E-state index in [1.54, 1.807) is 11.9 Å². The normalized spacial score (nSPS) is 25.2. The van der Waals surface area contributed by atoms with Gasteiger partial charge in [0.2, 0.25) is 5.91 Å². The average Bonchev–Trinajstić information content (AvgIpc) is 2.80. The maximum absolute atomic E-state index is 12.0. The molecule has 9 heteroatoms. The fourth-order valence-corrected chi connectivity index (χ4v) is 3.70. The van der Waals surface area contributed by atoms with Gasteiger partial charge >= 0.3 is 0 Å². The van der Waals surface area contributed by atoms with Crippen molar-refractivity contribution in [2.75, 3.05) is 26.9 Å². The van der Waals surface area contributed by atoms with E-state index < -0.39 is 30.7 Å². The van der Waals surface area contributed by atoms with Crippen molar-refractivity contribution in [1.29, 1.82) is 0 Å². The first-order chi connectivity index (χ1) is 16.1. The second kappa shape index (κ2) is 16.5. The van der Waals surface area contributed by atoms with Gasteiger partial charge in [-0.1, -0.05) is 26.7 Å². The Bertz CT molecular complexity index is 583. The van der Waals surface area contributed by atoms with Gasteiger partial charge in [0.05, 0.1) is 6.61 Å². The SMILES string of the molecule is CC(C)C(=O)CCCCCO[C@@H]1C(CO)O[C@H](OCCCCCC(=O)N(C)C(C)C)C(O)[C@@H]1O. The molecule has 0 radical (unpaired) electrons. The molecule has 5 atom stereocenters. The number of ketones is 1. The highest BCUT2D eigenvalue weighted by Gasteiger charge is 2.45. The zero-order chi connectivity index (χ0) is 25.7. The Morgan fingerprint density at radius 2 is 1.47 bits per heavy atom. The topological polar surface area (TPSA) is 126 Å². The second-order valence-corrected chi connectivity index (χ2v) is 9.75. The lowest BCUT2D eigenvalue weighted by atomic mass is 9.99. The van der Waals surface area contributed by atoms with Crippen LogP contribution in [0.5, 0.6) is 0 Å². The number of nitrogens with zero attached hydrogens (tertiary/aromatic N) is 1. The van der Waals surface area contributed by atoms with Crippen molar-refractivity contribution in [3.05, 3.63) is 0 Å². The maximum atomic E-state index is 12.0. The van der Waals surface area contributed by atoms with E-state index >= 15 is 0 Å². The zero-order valence-corrected chi connectivity index (χ0v) is 21.6. The Hall–Kier alpha value is -1.10. The molecule has 0 aliphatic carbocycles. The maximum Gasteiger partial charge on any atom is 0.222 e. The smallest absolute Gasteiger partial charge is 0.222 e. The average molecular weight is 490 g/mol. The Morgan fingerprint density at radius 1 is 0.882 bits per heavy atom. The number of amides is 1. The third-order valence-electron chi connectivity index (χ3n) is 6.33. The number of ether oxygens (including phenoxy) is 3. The van der Waals surface area contributed by atoms with Crippen molar-refractivity contribution in [2.45, 2.75) is 116 Å².